The van der Waals surface area contributed by atoms with E-state index >= 15 is 8.78 Å². The molecule has 2 N–H and O–H groups in total. The van der Waals surface area contributed by atoms with Crippen LogP contribution >= 0.6 is 15.9 Å². The fourth-order valence-corrected chi connectivity index (χ4v) is 3.87. The van der Waals surface area contributed by atoms with E-state index in [1.165, 1.54) is 50.1 Å². The number of benzene rings is 1. The number of aromatic nitrogens is 2. The fraction of sp³-hybridized carbons (Fsp3) is 0.412. The summed E-state index contributed by atoms with van der Waals surface area (Å²) in [6.07, 6.45) is 0. The highest BCUT2D eigenvalue weighted by atomic mass is 79.9. The third kappa shape index (κ3) is 2.82. The lowest BCUT2D eigenvalue weighted by molar-refractivity contribution is -0.306. The lowest BCUT2D eigenvalue weighted by Crippen LogP contribution is -2.73. The molecule has 0 saturated heterocycles. The van der Waals surface area contributed by atoms with Crippen molar-refractivity contribution in [1.29, 1.82) is 0 Å². The zero-order valence-corrected chi connectivity index (χ0v) is 16.7. The van der Waals surface area contributed by atoms with Gasteiger partial charge in [-0.25, -0.2) is 4.79 Å². The number of ether oxygens (including phenoxy) is 1. The van der Waals surface area contributed by atoms with Gasteiger partial charge in [0.1, 0.15) is 0 Å². The summed E-state index contributed by atoms with van der Waals surface area (Å²) < 4.78 is 38.3. The third-order valence-corrected chi connectivity index (χ3v) is 5.22. The van der Waals surface area contributed by atoms with Gasteiger partial charge < -0.3 is 4.74 Å². The molecule has 27 heavy (non-hydrogen) atoms. The second kappa shape index (κ2) is 6.54. The Kier molecular flexibility index (Phi) is 4.77. The van der Waals surface area contributed by atoms with Crippen molar-refractivity contribution in [3.05, 3.63) is 60.7 Å². The van der Waals surface area contributed by atoms with Crippen molar-refractivity contribution in [3.8, 4) is 5.88 Å². The van der Waals surface area contributed by atoms with Gasteiger partial charge in [0, 0.05) is 4.47 Å². The van der Waals surface area contributed by atoms with Crippen LogP contribution in [0.3, 0.4) is 0 Å². The molecule has 0 fully saturated rings. The van der Waals surface area contributed by atoms with Crippen molar-refractivity contribution in [2.24, 2.45) is 0 Å². The fourth-order valence-electron chi connectivity index (χ4n) is 3.61. The highest BCUT2D eigenvalue weighted by molar-refractivity contribution is 9.10. The number of hydrogen-bond donors (Lipinski definition) is 2. The highest BCUT2D eigenvalue weighted by Crippen LogP contribution is 2.53. The molecule has 3 rings (SSSR count). The van der Waals surface area contributed by atoms with E-state index in [1.54, 1.807) is 12.1 Å². The maximum absolute atomic E-state index is 16.0. The molecule has 0 amide bonds. The maximum atomic E-state index is 16.0. The first-order valence-corrected chi connectivity index (χ1v) is 8.85. The quantitative estimate of drug-likeness (QED) is 0.705. The van der Waals surface area contributed by atoms with Gasteiger partial charge in [0.25, 0.3) is 11.4 Å². The largest absolute Gasteiger partial charge is 0.437 e. The van der Waals surface area contributed by atoms with Crippen molar-refractivity contribution in [1.82, 2.24) is 19.8 Å². The average Bonchev–Trinajstić information content (AvgIpc) is 2.55. The second-order valence-corrected chi connectivity index (χ2v) is 7.67. The maximum Gasteiger partial charge on any atom is 0.328 e. The lowest BCUT2D eigenvalue weighted by atomic mass is 9.81. The van der Waals surface area contributed by atoms with Gasteiger partial charge in [0.2, 0.25) is 5.88 Å². The van der Waals surface area contributed by atoms with Gasteiger partial charge in [-0.3, -0.25) is 24.6 Å². The van der Waals surface area contributed by atoms with Crippen molar-refractivity contribution in [2.45, 2.75) is 17.7 Å². The van der Waals surface area contributed by atoms with Crippen molar-refractivity contribution in [3.63, 3.8) is 0 Å². The molecule has 0 aliphatic carbocycles. The number of fused-ring (bicyclic) bond motifs is 1. The van der Waals surface area contributed by atoms with Crippen LogP contribution in [0.2, 0.25) is 0 Å². The van der Waals surface area contributed by atoms with Crippen LogP contribution in [-0.4, -0.2) is 59.7 Å². The van der Waals surface area contributed by atoms with Crippen molar-refractivity contribution >= 4 is 15.9 Å². The molecule has 0 bridgehead atoms. The van der Waals surface area contributed by atoms with Crippen LogP contribution in [0.5, 0.6) is 5.88 Å². The van der Waals surface area contributed by atoms with Crippen LogP contribution in [0.1, 0.15) is 17.0 Å². The second-order valence-electron chi connectivity index (χ2n) is 6.76. The summed E-state index contributed by atoms with van der Waals surface area (Å²) >= 11 is 3.28. The predicted molar refractivity (Wildman–Crippen MR) is 99.3 cm³/mol. The molecule has 146 valence electrons. The lowest BCUT2D eigenvalue weighted by Gasteiger charge is -2.53. The van der Waals surface area contributed by atoms with Gasteiger partial charge in [-0.1, -0.05) is 28.1 Å². The first-order chi connectivity index (χ1) is 12.5. The molecule has 1 aromatic heterocycles. The molecular formula is C17H19BrF2N4O3. The molecule has 2 heterocycles. The van der Waals surface area contributed by atoms with Gasteiger partial charge in [-0.2, -0.15) is 8.78 Å². The normalized spacial score (nSPS) is 20.4. The summed E-state index contributed by atoms with van der Waals surface area (Å²) in [4.78, 5) is 31.0. The smallest absolute Gasteiger partial charge is 0.328 e. The van der Waals surface area contributed by atoms with Crippen molar-refractivity contribution < 1.29 is 13.5 Å². The van der Waals surface area contributed by atoms with E-state index in [2.05, 4.69) is 20.9 Å². The molecular weight excluding hydrogens is 426 g/mol. The molecule has 1 aliphatic rings. The molecule has 7 nitrogen and oxygen atoms in total. The molecule has 1 unspecified atom stereocenters. The van der Waals surface area contributed by atoms with E-state index in [0.29, 0.717) is 4.47 Å². The SMILES string of the molecule is CN(C)C1(N(C)C)Oc2[nH]c(=O)[nH]c(=O)c2C(c2ccc(Br)cc2)C1(F)F. The number of alkyl halides is 2. The summed E-state index contributed by atoms with van der Waals surface area (Å²) in [5, 5.41) is 0. The van der Waals surface area contributed by atoms with Crippen LogP contribution in [0.4, 0.5) is 8.78 Å². The summed E-state index contributed by atoms with van der Waals surface area (Å²) in [6.45, 7) is 0. The van der Waals surface area contributed by atoms with Crippen LogP contribution in [0.25, 0.3) is 0 Å². The number of rotatable bonds is 3. The Morgan fingerprint density at radius 1 is 1.04 bits per heavy atom. The minimum Gasteiger partial charge on any atom is -0.437 e. The summed E-state index contributed by atoms with van der Waals surface area (Å²) in [5.41, 5.74) is -1.84. The Bertz CT molecular complexity index is 961. The molecule has 0 radical (unpaired) electrons. The molecule has 0 saturated carbocycles. The van der Waals surface area contributed by atoms with Gasteiger partial charge in [-0.15, -0.1) is 0 Å². The van der Waals surface area contributed by atoms with E-state index in [0.717, 1.165) is 0 Å². The van der Waals surface area contributed by atoms with E-state index in [9.17, 15) is 9.59 Å². The highest BCUT2D eigenvalue weighted by Gasteiger charge is 2.68. The van der Waals surface area contributed by atoms with Crippen LogP contribution < -0.4 is 16.0 Å². The Balaban J connectivity index is 2.40. The Morgan fingerprint density at radius 3 is 2.11 bits per heavy atom. The number of aromatic amines is 2. The first kappa shape index (κ1) is 19.7. The first-order valence-electron chi connectivity index (χ1n) is 8.06. The standard InChI is InChI=1S/C17H19BrF2N4O3/c1-23(2)17(24(3)4)16(19,20)12(9-5-7-10(18)8-6-9)11-13(25)21-15(26)22-14(11)27-17/h5-8,12H,1-4H3,(H2,21,22,25,26). The van der Waals surface area contributed by atoms with Crippen molar-refractivity contribution in [2.75, 3.05) is 28.2 Å². The Hall–Kier alpha value is -2.04. The van der Waals surface area contributed by atoms with Gasteiger partial charge in [0.15, 0.2) is 0 Å². The number of hydrogen-bond acceptors (Lipinski definition) is 5. The zero-order chi connectivity index (χ0) is 20.1. The van der Waals surface area contributed by atoms with Crippen LogP contribution in [-0.2, 0) is 0 Å². The van der Waals surface area contributed by atoms with Gasteiger partial charge >= 0.3 is 11.6 Å². The Labute approximate surface area is 162 Å². The molecule has 1 aliphatic heterocycles. The van der Waals surface area contributed by atoms with Crippen LogP contribution in [0.15, 0.2) is 38.3 Å². The van der Waals surface area contributed by atoms with Crippen LogP contribution in [0, 0.1) is 0 Å². The number of nitrogens with zero attached hydrogens (tertiary/aromatic N) is 2. The van der Waals surface area contributed by atoms with E-state index < -0.39 is 28.9 Å². The van der Waals surface area contributed by atoms with E-state index in [-0.39, 0.29) is 17.0 Å². The molecule has 0 spiro atoms. The average molecular weight is 445 g/mol. The zero-order valence-electron chi connectivity index (χ0n) is 15.1. The topological polar surface area (TPSA) is 81.4 Å². The van der Waals surface area contributed by atoms with Gasteiger partial charge in [0.05, 0.1) is 11.5 Å². The molecule has 1 atom stereocenters. The number of nitrogens with one attached hydrogen (secondary N) is 2. The Morgan fingerprint density at radius 2 is 1.59 bits per heavy atom. The summed E-state index contributed by atoms with van der Waals surface area (Å²) in [5.74, 6) is -7.69. The minimum absolute atomic E-state index is 0.221. The molecule has 10 heteroatoms. The number of halogens is 3. The van der Waals surface area contributed by atoms with E-state index in [4.69, 9.17) is 4.74 Å². The predicted octanol–water partition coefficient (Wildman–Crippen LogP) is 1.76. The van der Waals surface area contributed by atoms with E-state index in [1.807, 2.05) is 4.98 Å². The third-order valence-electron chi connectivity index (χ3n) is 4.69. The summed E-state index contributed by atoms with van der Waals surface area (Å²) in [6, 6.07) is 6.26. The molecule has 1 aromatic carbocycles. The minimum atomic E-state index is -3.55. The number of H-pyrrole nitrogens is 2. The summed E-state index contributed by atoms with van der Waals surface area (Å²) in [7, 11) is 5.79. The van der Waals surface area contributed by atoms with Gasteiger partial charge in [-0.05, 0) is 45.9 Å². The monoisotopic (exact) mass is 444 g/mol. The molecule has 2 aromatic rings.